The van der Waals surface area contributed by atoms with Crippen molar-refractivity contribution in [3.8, 4) is 0 Å². The number of aryl methyl sites for hydroxylation is 2. The topological polar surface area (TPSA) is 72.0 Å². The zero-order chi connectivity index (χ0) is 19.1. The second kappa shape index (κ2) is 9.48. The summed E-state index contributed by atoms with van der Waals surface area (Å²) >= 11 is 1.29. The maximum absolute atomic E-state index is 12.2. The van der Waals surface area contributed by atoms with Gasteiger partial charge in [0.2, 0.25) is 5.91 Å². The van der Waals surface area contributed by atoms with Gasteiger partial charge in [0.05, 0.1) is 17.0 Å². The van der Waals surface area contributed by atoms with Crippen molar-refractivity contribution in [2.24, 2.45) is 0 Å². The Morgan fingerprint density at radius 3 is 2.50 bits per heavy atom. The van der Waals surface area contributed by atoms with E-state index in [9.17, 15) is 9.59 Å². The number of aromatic nitrogens is 2. The Kier molecular flexibility index (Phi) is 7.33. The van der Waals surface area contributed by atoms with Crippen molar-refractivity contribution < 1.29 is 9.59 Å². The number of rotatable bonds is 8. The predicted octanol–water partition coefficient (Wildman–Crippen LogP) is 3.56. The first-order valence-electron chi connectivity index (χ1n) is 8.75. The Labute approximate surface area is 159 Å². The lowest BCUT2D eigenvalue weighted by Gasteiger charge is -2.13. The highest BCUT2D eigenvalue weighted by atomic mass is 32.2. The van der Waals surface area contributed by atoms with E-state index in [4.69, 9.17) is 0 Å². The molecule has 26 heavy (non-hydrogen) atoms. The van der Waals surface area contributed by atoms with Crippen LogP contribution in [-0.4, -0.2) is 34.0 Å². The summed E-state index contributed by atoms with van der Waals surface area (Å²) in [5.41, 5.74) is 2.38. The number of amides is 1. The number of nitrogens with one attached hydrogen (secondary N) is 1. The first-order chi connectivity index (χ1) is 12.4. The Morgan fingerprint density at radius 2 is 1.88 bits per heavy atom. The number of benzene rings is 1. The van der Waals surface area contributed by atoms with Gasteiger partial charge in [0.15, 0.2) is 5.78 Å². The fourth-order valence-electron chi connectivity index (χ4n) is 2.62. The van der Waals surface area contributed by atoms with Gasteiger partial charge in [0.25, 0.3) is 0 Å². The smallest absolute Gasteiger partial charge is 0.230 e. The Bertz CT molecular complexity index is 778. The molecule has 1 amide bonds. The van der Waals surface area contributed by atoms with E-state index in [1.165, 1.54) is 24.2 Å². The van der Waals surface area contributed by atoms with Gasteiger partial charge in [0, 0.05) is 13.0 Å². The zero-order valence-corrected chi connectivity index (χ0v) is 16.5. The van der Waals surface area contributed by atoms with Gasteiger partial charge >= 0.3 is 0 Å². The third-order valence-electron chi connectivity index (χ3n) is 4.09. The van der Waals surface area contributed by atoms with Crippen LogP contribution in [0.25, 0.3) is 0 Å². The van der Waals surface area contributed by atoms with Crippen molar-refractivity contribution in [3.63, 3.8) is 0 Å². The summed E-state index contributed by atoms with van der Waals surface area (Å²) < 4.78 is 0. The maximum atomic E-state index is 12.2. The summed E-state index contributed by atoms with van der Waals surface area (Å²) in [5, 5.41) is 3.55. The third kappa shape index (κ3) is 5.39. The second-order valence-electron chi connectivity index (χ2n) is 6.22. The fraction of sp³-hybridized carbons (Fsp3) is 0.400. The summed E-state index contributed by atoms with van der Waals surface area (Å²) in [6.45, 7) is 7.93. The van der Waals surface area contributed by atoms with E-state index in [0.29, 0.717) is 35.1 Å². The molecule has 1 aromatic carbocycles. The Hall–Kier alpha value is -2.21. The lowest BCUT2D eigenvalue weighted by molar-refractivity contribution is -0.118. The van der Waals surface area contributed by atoms with Crippen LogP contribution in [0.2, 0.25) is 0 Å². The first-order valence-corrected chi connectivity index (χ1v) is 9.73. The van der Waals surface area contributed by atoms with Crippen molar-refractivity contribution in [2.75, 3.05) is 12.3 Å². The molecule has 1 atom stereocenters. The normalized spacial score (nSPS) is 11.8. The van der Waals surface area contributed by atoms with E-state index in [-0.39, 0.29) is 23.4 Å². The summed E-state index contributed by atoms with van der Waals surface area (Å²) in [5.74, 6) is 1.01. The summed E-state index contributed by atoms with van der Waals surface area (Å²) in [4.78, 5) is 32.9. The highest BCUT2D eigenvalue weighted by molar-refractivity contribution is 8.00. The van der Waals surface area contributed by atoms with E-state index < -0.39 is 0 Å². The number of Topliss-reactive ketones (excluding diaryl/α,β-unsaturated/α-hetero) is 1. The number of carbonyl (C=O) groups excluding carboxylic acids is 2. The number of hydrogen-bond acceptors (Lipinski definition) is 5. The minimum absolute atomic E-state index is 0.0680. The van der Waals surface area contributed by atoms with Gasteiger partial charge in [-0.2, -0.15) is 0 Å². The van der Waals surface area contributed by atoms with Crippen LogP contribution < -0.4 is 5.32 Å². The van der Waals surface area contributed by atoms with Crippen molar-refractivity contribution in [2.45, 2.75) is 45.1 Å². The fourth-order valence-corrected chi connectivity index (χ4v) is 3.60. The maximum Gasteiger partial charge on any atom is 0.230 e. The van der Waals surface area contributed by atoms with Crippen molar-refractivity contribution >= 4 is 23.5 Å². The lowest BCUT2D eigenvalue weighted by Crippen LogP contribution is -2.29. The van der Waals surface area contributed by atoms with E-state index >= 15 is 0 Å². The van der Waals surface area contributed by atoms with Crippen molar-refractivity contribution in [1.29, 1.82) is 0 Å². The van der Waals surface area contributed by atoms with Crippen LogP contribution >= 0.6 is 11.8 Å². The molecule has 0 radical (unpaired) electrons. The second-order valence-corrected chi connectivity index (χ2v) is 7.18. The van der Waals surface area contributed by atoms with Crippen LogP contribution in [0.15, 0.2) is 35.4 Å². The van der Waals surface area contributed by atoms with Crippen LogP contribution in [-0.2, 0) is 11.2 Å². The van der Waals surface area contributed by atoms with E-state index in [1.807, 2.05) is 32.0 Å². The summed E-state index contributed by atoms with van der Waals surface area (Å²) in [6.07, 6.45) is 0.688. The minimum atomic E-state index is -0.0780. The molecule has 0 unspecified atom stereocenters. The molecule has 0 fully saturated rings. The molecule has 0 aliphatic rings. The Balaban J connectivity index is 1.96. The van der Waals surface area contributed by atoms with Gasteiger partial charge < -0.3 is 5.32 Å². The molecule has 0 spiro atoms. The van der Waals surface area contributed by atoms with Gasteiger partial charge in [0.1, 0.15) is 10.9 Å². The molecule has 0 aliphatic carbocycles. The molecule has 5 nitrogen and oxygen atoms in total. The molecular formula is C20H25N3O2S. The minimum Gasteiger partial charge on any atom is -0.355 e. The number of hydrogen-bond donors (Lipinski definition) is 1. The standard InChI is InChI=1S/C20H25N3O2S/c1-5-17-22-14(3)19(15(4)24)20(23-17)26-12-18(25)21-11-13(2)16-9-7-6-8-10-16/h6-10,13H,5,11-12H2,1-4H3,(H,21,25)/t13-/m0/s1. The summed E-state index contributed by atoms with van der Waals surface area (Å²) in [7, 11) is 0. The monoisotopic (exact) mass is 371 g/mol. The quantitative estimate of drug-likeness (QED) is 0.436. The molecule has 0 bridgehead atoms. The average molecular weight is 372 g/mol. The SMILES string of the molecule is CCc1nc(C)c(C(C)=O)c(SCC(=O)NC[C@H](C)c2ccccc2)n1. The first kappa shape index (κ1) is 20.1. The lowest BCUT2D eigenvalue weighted by atomic mass is 10.0. The van der Waals surface area contributed by atoms with Crippen LogP contribution in [0.5, 0.6) is 0 Å². The molecular weight excluding hydrogens is 346 g/mol. The molecule has 6 heteroatoms. The molecule has 0 saturated heterocycles. The van der Waals surface area contributed by atoms with Gasteiger partial charge in [-0.25, -0.2) is 9.97 Å². The van der Waals surface area contributed by atoms with Gasteiger partial charge in [-0.05, 0) is 25.3 Å². The molecule has 138 valence electrons. The zero-order valence-electron chi connectivity index (χ0n) is 15.7. The molecule has 0 saturated carbocycles. The highest BCUT2D eigenvalue weighted by Gasteiger charge is 2.17. The highest BCUT2D eigenvalue weighted by Crippen LogP contribution is 2.23. The van der Waals surface area contributed by atoms with E-state index in [1.54, 1.807) is 0 Å². The van der Waals surface area contributed by atoms with Gasteiger partial charge in [-0.1, -0.05) is 55.9 Å². The molecule has 1 heterocycles. The van der Waals surface area contributed by atoms with Crippen LogP contribution in [0, 0.1) is 6.92 Å². The number of ketones is 1. The van der Waals surface area contributed by atoms with E-state index in [2.05, 4.69) is 34.3 Å². The van der Waals surface area contributed by atoms with Crippen LogP contribution in [0.1, 0.15) is 54.1 Å². The van der Waals surface area contributed by atoms with Gasteiger partial charge in [-0.3, -0.25) is 9.59 Å². The molecule has 1 N–H and O–H groups in total. The number of thioether (sulfide) groups is 1. The molecule has 2 aromatic rings. The van der Waals surface area contributed by atoms with Crippen LogP contribution in [0.3, 0.4) is 0 Å². The van der Waals surface area contributed by atoms with Crippen molar-refractivity contribution in [3.05, 3.63) is 53.0 Å². The molecule has 2 rings (SSSR count). The van der Waals surface area contributed by atoms with Gasteiger partial charge in [-0.15, -0.1) is 0 Å². The van der Waals surface area contributed by atoms with Crippen molar-refractivity contribution in [1.82, 2.24) is 15.3 Å². The van der Waals surface area contributed by atoms with E-state index in [0.717, 1.165) is 0 Å². The summed E-state index contributed by atoms with van der Waals surface area (Å²) in [6, 6.07) is 10.1. The molecule has 0 aliphatic heterocycles. The largest absolute Gasteiger partial charge is 0.355 e. The molecule has 1 aromatic heterocycles. The number of carbonyl (C=O) groups is 2. The average Bonchev–Trinajstić information content (AvgIpc) is 2.64. The Morgan fingerprint density at radius 1 is 1.19 bits per heavy atom. The van der Waals surface area contributed by atoms with Crippen LogP contribution in [0.4, 0.5) is 0 Å². The predicted molar refractivity (Wildman–Crippen MR) is 105 cm³/mol. The third-order valence-corrected chi connectivity index (χ3v) is 5.06. The number of nitrogens with zero attached hydrogens (tertiary/aromatic N) is 2.